The fourth-order valence-electron chi connectivity index (χ4n) is 2.96. The SMILES string of the molecule is C=CCn1c(C)cc(C(=O)COC(=O)c2cn3ccc(C)cc3n2)c1C. The van der Waals surface area contributed by atoms with Crippen LogP contribution in [-0.2, 0) is 11.3 Å². The summed E-state index contributed by atoms with van der Waals surface area (Å²) >= 11 is 0. The number of hydrogen-bond donors (Lipinski definition) is 0. The van der Waals surface area contributed by atoms with Gasteiger partial charge in [-0.15, -0.1) is 6.58 Å². The fraction of sp³-hybridized carbons (Fsp3) is 0.250. The number of rotatable bonds is 6. The summed E-state index contributed by atoms with van der Waals surface area (Å²) in [5.74, 6) is -0.846. The van der Waals surface area contributed by atoms with E-state index in [-0.39, 0.29) is 18.1 Å². The number of nitrogens with zero attached hydrogens (tertiary/aromatic N) is 3. The monoisotopic (exact) mass is 351 g/mol. The molecular formula is C20H21N3O3. The number of allylic oxidation sites excluding steroid dienone is 1. The van der Waals surface area contributed by atoms with E-state index in [1.54, 1.807) is 16.7 Å². The predicted octanol–water partition coefficient (Wildman–Crippen LogP) is 3.29. The van der Waals surface area contributed by atoms with Gasteiger partial charge >= 0.3 is 5.97 Å². The number of carbonyl (C=O) groups is 2. The molecule has 0 aliphatic rings. The molecule has 3 aromatic heterocycles. The van der Waals surface area contributed by atoms with Crippen molar-refractivity contribution >= 4 is 17.4 Å². The molecule has 0 bridgehead atoms. The van der Waals surface area contributed by atoms with Crippen molar-refractivity contribution in [3.05, 3.63) is 71.5 Å². The maximum Gasteiger partial charge on any atom is 0.359 e. The van der Waals surface area contributed by atoms with E-state index in [1.807, 2.05) is 49.7 Å². The number of esters is 1. The molecule has 0 atom stereocenters. The molecule has 0 spiro atoms. The first-order chi connectivity index (χ1) is 12.4. The zero-order chi connectivity index (χ0) is 18.8. The largest absolute Gasteiger partial charge is 0.453 e. The van der Waals surface area contributed by atoms with E-state index < -0.39 is 5.97 Å². The molecule has 0 saturated carbocycles. The molecule has 0 amide bonds. The molecular weight excluding hydrogens is 330 g/mol. The summed E-state index contributed by atoms with van der Waals surface area (Å²) in [6, 6.07) is 5.60. The summed E-state index contributed by atoms with van der Waals surface area (Å²) in [4.78, 5) is 28.9. The Balaban J connectivity index is 1.71. The molecule has 3 heterocycles. The first-order valence-corrected chi connectivity index (χ1v) is 8.34. The average Bonchev–Trinajstić information content (AvgIpc) is 3.15. The minimum atomic E-state index is -0.611. The van der Waals surface area contributed by atoms with Crippen LogP contribution in [0.3, 0.4) is 0 Å². The Kier molecular flexibility index (Phi) is 4.75. The van der Waals surface area contributed by atoms with Crippen molar-refractivity contribution in [1.82, 2.24) is 14.0 Å². The van der Waals surface area contributed by atoms with Crippen LogP contribution in [0.25, 0.3) is 5.65 Å². The highest BCUT2D eigenvalue weighted by Crippen LogP contribution is 2.16. The third kappa shape index (κ3) is 3.31. The fourth-order valence-corrected chi connectivity index (χ4v) is 2.96. The lowest BCUT2D eigenvalue weighted by molar-refractivity contribution is 0.0469. The quantitative estimate of drug-likeness (QED) is 0.388. The molecule has 0 aliphatic carbocycles. The number of ketones is 1. The van der Waals surface area contributed by atoms with Crippen molar-refractivity contribution in [2.75, 3.05) is 6.61 Å². The maximum absolute atomic E-state index is 12.4. The smallest absolute Gasteiger partial charge is 0.359 e. The van der Waals surface area contributed by atoms with Gasteiger partial charge in [0.2, 0.25) is 5.78 Å². The average molecular weight is 351 g/mol. The minimum absolute atomic E-state index is 0.181. The molecule has 134 valence electrons. The van der Waals surface area contributed by atoms with Gasteiger partial charge in [0.1, 0.15) is 5.65 Å². The second-order valence-electron chi connectivity index (χ2n) is 6.28. The molecule has 0 unspecified atom stereocenters. The summed E-state index contributed by atoms with van der Waals surface area (Å²) < 4.78 is 8.91. The van der Waals surface area contributed by atoms with Gasteiger partial charge in [0.05, 0.1) is 0 Å². The zero-order valence-corrected chi connectivity index (χ0v) is 15.2. The van der Waals surface area contributed by atoms with Gasteiger partial charge in [0, 0.05) is 35.9 Å². The summed E-state index contributed by atoms with van der Waals surface area (Å²) in [7, 11) is 0. The number of fused-ring (bicyclic) bond motifs is 1. The number of Topliss-reactive ketones (excluding diaryl/α,β-unsaturated/α-hetero) is 1. The number of hydrogen-bond acceptors (Lipinski definition) is 4. The lowest BCUT2D eigenvalue weighted by Crippen LogP contribution is -2.15. The number of aromatic nitrogens is 3. The van der Waals surface area contributed by atoms with Crippen LogP contribution >= 0.6 is 0 Å². The second kappa shape index (κ2) is 7.00. The third-order valence-electron chi connectivity index (χ3n) is 4.34. The highest BCUT2D eigenvalue weighted by atomic mass is 16.5. The summed E-state index contributed by atoms with van der Waals surface area (Å²) in [5.41, 5.74) is 4.26. The molecule has 26 heavy (non-hydrogen) atoms. The van der Waals surface area contributed by atoms with Crippen LogP contribution in [0.5, 0.6) is 0 Å². The zero-order valence-electron chi connectivity index (χ0n) is 15.2. The molecule has 0 N–H and O–H groups in total. The first-order valence-electron chi connectivity index (χ1n) is 8.34. The summed E-state index contributed by atoms with van der Waals surface area (Å²) in [5, 5.41) is 0. The topological polar surface area (TPSA) is 65.6 Å². The number of pyridine rings is 1. The maximum atomic E-state index is 12.4. The van der Waals surface area contributed by atoms with Gasteiger partial charge in [-0.3, -0.25) is 4.79 Å². The van der Waals surface area contributed by atoms with Gasteiger partial charge in [-0.25, -0.2) is 9.78 Å². The van der Waals surface area contributed by atoms with E-state index in [1.165, 1.54) is 0 Å². The molecule has 6 heteroatoms. The van der Waals surface area contributed by atoms with Crippen LogP contribution in [0.1, 0.15) is 37.8 Å². The normalized spacial score (nSPS) is 10.9. The van der Waals surface area contributed by atoms with Crippen LogP contribution in [0.15, 0.2) is 43.2 Å². The van der Waals surface area contributed by atoms with Crippen LogP contribution < -0.4 is 0 Å². The van der Waals surface area contributed by atoms with Crippen molar-refractivity contribution < 1.29 is 14.3 Å². The van der Waals surface area contributed by atoms with Gasteiger partial charge in [-0.05, 0) is 44.5 Å². The lowest BCUT2D eigenvalue weighted by atomic mass is 10.1. The van der Waals surface area contributed by atoms with E-state index in [9.17, 15) is 9.59 Å². The van der Waals surface area contributed by atoms with Crippen molar-refractivity contribution in [3.63, 3.8) is 0 Å². The first kappa shape index (κ1) is 17.7. The van der Waals surface area contributed by atoms with Crippen molar-refractivity contribution in [3.8, 4) is 0 Å². The van der Waals surface area contributed by atoms with Crippen LogP contribution in [0, 0.1) is 20.8 Å². The number of aryl methyl sites for hydroxylation is 2. The Morgan fingerprint density at radius 1 is 1.27 bits per heavy atom. The Morgan fingerprint density at radius 3 is 2.77 bits per heavy atom. The Hall–Kier alpha value is -3.15. The van der Waals surface area contributed by atoms with E-state index in [2.05, 4.69) is 11.6 Å². The van der Waals surface area contributed by atoms with Crippen molar-refractivity contribution in [1.29, 1.82) is 0 Å². The van der Waals surface area contributed by atoms with Gasteiger partial charge < -0.3 is 13.7 Å². The van der Waals surface area contributed by atoms with Gasteiger partial charge in [-0.2, -0.15) is 0 Å². The standard InChI is InChI=1S/C20H21N3O3/c1-5-7-23-14(3)10-16(15(23)4)18(24)12-26-20(25)17-11-22-8-6-13(2)9-19(22)21-17/h5-6,8-11H,1,7,12H2,2-4H3. The Morgan fingerprint density at radius 2 is 2.04 bits per heavy atom. The van der Waals surface area contributed by atoms with Gasteiger partial charge in [0.15, 0.2) is 12.3 Å². The molecule has 3 rings (SSSR count). The second-order valence-corrected chi connectivity index (χ2v) is 6.28. The van der Waals surface area contributed by atoms with Gasteiger partial charge in [-0.1, -0.05) is 6.08 Å². The number of carbonyl (C=O) groups excluding carboxylic acids is 2. The Labute approximate surface area is 151 Å². The molecule has 0 radical (unpaired) electrons. The van der Waals surface area contributed by atoms with Crippen LogP contribution in [0.2, 0.25) is 0 Å². The summed E-state index contributed by atoms with van der Waals surface area (Å²) in [6.45, 7) is 9.79. The molecule has 6 nitrogen and oxygen atoms in total. The third-order valence-corrected chi connectivity index (χ3v) is 4.34. The van der Waals surface area contributed by atoms with E-state index in [0.29, 0.717) is 17.8 Å². The predicted molar refractivity (Wildman–Crippen MR) is 98.6 cm³/mol. The van der Waals surface area contributed by atoms with E-state index in [0.717, 1.165) is 17.0 Å². The number of ether oxygens (including phenoxy) is 1. The highest BCUT2D eigenvalue weighted by Gasteiger charge is 2.18. The molecule has 0 saturated heterocycles. The van der Waals surface area contributed by atoms with Gasteiger partial charge in [0.25, 0.3) is 0 Å². The van der Waals surface area contributed by atoms with Crippen molar-refractivity contribution in [2.45, 2.75) is 27.3 Å². The van der Waals surface area contributed by atoms with E-state index >= 15 is 0 Å². The molecule has 3 aromatic rings. The van der Waals surface area contributed by atoms with Crippen LogP contribution in [-0.4, -0.2) is 32.3 Å². The molecule has 0 aromatic carbocycles. The highest BCUT2D eigenvalue weighted by molar-refractivity contribution is 6.00. The lowest BCUT2D eigenvalue weighted by Gasteiger charge is -2.06. The van der Waals surface area contributed by atoms with E-state index in [4.69, 9.17) is 4.74 Å². The molecule has 0 fully saturated rings. The van der Waals surface area contributed by atoms with Crippen molar-refractivity contribution in [2.24, 2.45) is 0 Å². The Bertz CT molecular complexity index is 1010. The summed E-state index contributed by atoms with van der Waals surface area (Å²) in [6.07, 6.45) is 5.20. The minimum Gasteiger partial charge on any atom is -0.453 e. The molecule has 0 aliphatic heterocycles. The number of imidazole rings is 1. The van der Waals surface area contributed by atoms with Crippen LogP contribution in [0.4, 0.5) is 0 Å².